The summed E-state index contributed by atoms with van der Waals surface area (Å²) in [6, 6.07) is 1.82. The molecule has 1 aliphatic heterocycles. The number of hydrogen-bond donors (Lipinski definition) is 2. The van der Waals surface area contributed by atoms with Crippen LogP contribution in [0.1, 0.15) is 50.5 Å². The first kappa shape index (κ1) is 17.8. The highest BCUT2D eigenvalue weighted by atomic mass is 32.1. The highest BCUT2D eigenvalue weighted by molar-refractivity contribution is 7.11. The van der Waals surface area contributed by atoms with E-state index in [1.807, 2.05) is 13.0 Å². The van der Waals surface area contributed by atoms with Crippen LogP contribution >= 0.6 is 11.3 Å². The lowest BCUT2D eigenvalue weighted by Crippen LogP contribution is -2.32. The summed E-state index contributed by atoms with van der Waals surface area (Å²) in [6.45, 7) is 5.86. The van der Waals surface area contributed by atoms with E-state index in [1.54, 1.807) is 6.92 Å². The lowest BCUT2D eigenvalue weighted by molar-refractivity contribution is 0.0949. The van der Waals surface area contributed by atoms with Crippen molar-refractivity contribution >= 4 is 17.2 Å². The van der Waals surface area contributed by atoms with E-state index < -0.39 is 11.5 Å². The molecule has 1 aliphatic rings. The number of aromatic nitrogens is 2. The van der Waals surface area contributed by atoms with Gasteiger partial charge in [0.05, 0.1) is 0 Å². The summed E-state index contributed by atoms with van der Waals surface area (Å²) in [7, 11) is 0. The molecule has 3 rings (SSSR count). The SMILES string of the molecule is Cc1nnc(CCNC(=O)c2c(C)cc(C3CCCNC3)oc2=O)s1. The predicted octanol–water partition coefficient (Wildman–Crippen LogP) is 1.55. The summed E-state index contributed by atoms with van der Waals surface area (Å²) in [5, 5.41) is 15.8. The maximum absolute atomic E-state index is 12.4. The quantitative estimate of drug-likeness (QED) is 0.838. The van der Waals surface area contributed by atoms with Crippen molar-refractivity contribution in [3.05, 3.63) is 43.4 Å². The largest absolute Gasteiger partial charge is 0.427 e. The van der Waals surface area contributed by atoms with Crippen LogP contribution in [0.2, 0.25) is 0 Å². The van der Waals surface area contributed by atoms with Crippen LogP contribution in [-0.2, 0) is 6.42 Å². The van der Waals surface area contributed by atoms with Crippen molar-refractivity contribution in [2.45, 2.75) is 39.0 Å². The third-order valence-electron chi connectivity index (χ3n) is 4.29. The topological polar surface area (TPSA) is 97.1 Å². The normalized spacial score (nSPS) is 17.4. The Kier molecular flexibility index (Phi) is 5.60. The minimum absolute atomic E-state index is 0.0842. The van der Waals surface area contributed by atoms with Crippen molar-refractivity contribution in [3.8, 4) is 0 Å². The number of nitrogens with one attached hydrogen (secondary N) is 2. The molecule has 8 heteroatoms. The Morgan fingerprint density at radius 3 is 2.92 bits per heavy atom. The molecule has 1 saturated heterocycles. The van der Waals surface area contributed by atoms with Crippen molar-refractivity contribution in [2.24, 2.45) is 0 Å². The first-order chi connectivity index (χ1) is 12.0. The average molecular weight is 362 g/mol. The summed E-state index contributed by atoms with van der Waals surface area (Å²) < 4.78 is 5.44. The van der Waals surface area contributed by atoms with Gasteiger partial charge in [0.2, 0.25) is 0 Å². The molecule has 0 aromatic carbocycles. The van der Waals surface area contributed by atoms with Crippen LogP contribution in [0.25, 0.3) is 0 Å². The molecule has 1 atom stereocenters. The molecular weight excluding hydrogens is 340 g/mol. The molecule has 2 aromatic rings. The molecule has 1 fully saturated rings. The van der Waals surface area contributed by atoms with E-state index in [2.05, 4.69) is 20.8 Å². The Balaban J connectivity index is 1.66. The molecule has 0 radical (unpaired) electrons. The fourth-order valence-corrected chi connectivity index (χ4v) is 3.72. The minimum Gasteiger partial charge on any atom is -0.427 e. The van der Waals surface area contributed by atoms with Crippen LogP contribution < -0.4 is 16.3 Å². The van der Waals surface area contributed by atoms with Crippen LogP contribution in [0.4, 0.5) is 0 Å². The van der Waals surface area contributed by atoms with Crippen molar-refractivity contribution in [3.63, 3.8) is 0 Å². The first-order valence-corrected chi connectivity index (χ1v) is 9.29. The number of carbonyl (C=O) groups is 1. The van der Waals surface area contributed by atoms with Gasteiger partial charge < -0.3 is 15.1 Å². The Morgan fingerprint density at radius 2 is 2.28 bits per heavy atom. The summed E-state index contributed by atoms with van der Waals surface area (Å²) >= 11 is 1.50. The first-order valence-electron chi connectivity index (χ1n) is 8.47. The summed E-state index contributed by atoms with van der Waals surface area (Å²) in [5.74, 6) is 0.453. The second-order valence-electron chi connectivity index (χ2n) is 6.26. The number of carbonyl (C=O) groups excluding carboxylic acids is 1. The van der Waals surface area contributed by atoms with Gasteiger partial charge in [-0.05, 0) is 44.9 Å². The number of nitrogens with zero attached hydrogens (tertiary/aromatic N) is 2. The number of rotatable bonds is 5. The Morgan fingerprint density at radius 1 is 1.44 bits per heavy atom. The zero-order valence-electron chi connectivity index (χ0n) is 14.4. The lowest BCUT2D eigenvalue weighted by Gasteiger charge is -2.22. The van der Waals surface area contributed by atoms with Crippen molar-refractivity contribution < 1.29 is 9.21 Å². The lowest BCUT2D eigenvalue weighted by atomic mass is 9.95. The van der Waals surface area contributed by atoms with E-state index in [0.29, 0.717) is 24.3 Å². The van der Waals surface area contributed by atoms with Crippen LogP contribution in [0.5, 0.6) is 0 Å². The molecule has 2 aromatic heterocycles. The molecule has 1 unspecified atom stereocenters. The predicted molar refractivity (Wildman–Crippen MR) is 95.2 cm³/mol. The second-order valence-corrected chi connectivity index (χ2v) is 7.52. The van der Waals surface area contributed by atoms with E-state index >= 15 is 0 Å². The van der Waals surface area contributed by atoms with E-state index in [9.17, 15) is 9.59 Å². The molecule has 0 aliphatic carbocycles. The zero-order valence-corrected chi connectivity index (χ0v) is 15.2. The van der Waals surface area contributed by atoms with Crippen LogP contribution in [0.3, 0.4) is 0 Å². The van der Waals surface area contributed by atoms with Gasteiger partial charge in [0.25, 0.3) is 5.91 Å². The van der Waals surface area contributed by atoms with Crippen LogP contribution in [0.15, 0.2) is 15.3 Å². The van der Waals surface area contributed by atoms with E-state index in [-0.39, 0.29) is 11.5 Å². The van der Waals surface area contributed by atoms with E-state index in [4.69, 9.17) is 4.42 Å². The van der Waals surface area contributed by atoms with Gasteiger partial charge in [-0.3, -0.25) is 4.79 Å². The number of aryl methyl sites for hydroxylation is 2. The fourth-order valence-electron chi connectivity index (χ4n) is 3.01. The van der Waals surface area contributed by atoms with Crippen molar-refractivity contribution in [1.29, 1.82) is 0 Å². The molecule has 0 spiro atoms. The van der Waals surface area contributed by atoms with Crippen molar-refractivity contribution in [1.82, 2.24) is 20.8 Å². The number of amides is 1. The Hall–Kier alpha value is -2.06. The Bertz CT molecular complexity index is 808. The monoisotopic (exact) mass is 362 g/mol. The van der Waals surface area contributed by atoms with Gasteiger partial charge in [-0.2, -0.15) is 0 Å². The zero-order chi connectivity index (χ0) is 17.8. The van der Waals surface area contributed by atoms with Crippen LogP contribution in [-0.4, -0.2) is 35.7 Å². The molecule has 2 N–H and O–H groups in total. The van der Waals surface area contributed by atoms with Gasteiger partial charge in [0.15, 0.2) is 0 Å². The number of hydrogen-bond acceptors (Lipinski definition) is 7. The minimum atomic E-state index is -0.565. The third kappa shape index (κ3) is 4.32. The maximum Gasteiger partial charge on any atom is 0.349 e. The summed E-state index contributed by atoms with van der Waals surface area (Å²) in [4.78, 5) is 24.7. The fraction of sp³-hybridized carbons (Fsp3) is 0.529. The van der Waals surface area contributed by atoms with Gasteiger partial charge >= 0.3 is 5.63 Å². The molecule has 7 nitrogen and oxygen atoms in total. The third-order valence-corrected chi connectivity index (χ3v) is 5.18. The molecule has 1 amide bonds. The van der Waals surface area contributed by atoms with Gasteiger partial charge in [-0.1, -0.05) is 0 Å². The van der Waals surface area contributed by atoms with E-state index in [0.717, 1.165) is 35.9 Å². The van der Waals surface area contributed by atoms with Gasteiger partial charge in [0.1, 0.15) is 21.3 Å². The molecule has 25 heavy (non-hydrogen) atoms. The van der Waals surface area contributed by atoms with Gasteiger partial charge in [0, 0.05) is 25.4 Å². The molecule has 0 saturated carbocycles. The maximum atomic E-state index is 12.4. The molecular formula is C17H22N4O3S. The molecule has 3 heterocycles. The summed E-state index contributed by atoms with van der Waals surface area (Å²) in [5.41, 5.74) is 0.173. The Labute approximate surface area is 149 Å². The molecule has 134 valence electrons. The standard InChI is InChI=1S/C17H22N4O3S/c1-10-8-13(12-4-3-6-18-9-12)24-17(23)15(10)16(22)19-7-5-14-21-20-11(2)25-14/h8,12,18H,3-7,9H2,1-2H3,(H,19,22). The smallest absolute Gasteiger partial charge is 0.349 e. The van der Waals surface area contributed by atoms with Gasteiger partial charge in [-0.25, -0.2) is 4.79 Å². The van der Waals surface area contributed by atoms with E-state index in [1.165, 1.54) is 11.3 Å². The molecule has 0 bridgehead atoms. The van der Waals surface area contributed by atoms with Crippen molar-refractivity contribution in [2.75, 3.05) is 19.6 Å². The van der Waals surface area contributed by atoms with Gasteiger partial charge in [-0.15, -0.1) is 21.5 Å². The van der Waals surface area contributed by atoms with Crippen LogP contribution in [0, 0.1) is 13.8 Å². The second kappa shape index (κ2) is 7.88. The average Bonchev–Trinajstić information content (AvgIpc) is 3.00. The highest BCUT2D eigenvalue weighted by Crippen LogP contribution is 2.23. The highest BCUT2D eigenvalue weighted by Gasteiger charge is 2.22. The number of piperidine rings is 1. The summed E-state index contributed by atoms with van der Waals surface area (Å²) in [6.07, 6.45) is 2.64.